The molecule has 5 atom stereocenters. The molecule has 0 amide bonds. The van der Waals surface area contributed by atoms with Gasteiger partial charge in [0.25, 0.3) is 0 Å². The number of ether oxygens (including phenoxy) is 4. The van der Waals surface area contributed by atoms with Crippen molar-refractivity contribution in [3.05, 3.63) is 106 Å². The van der Waals surface area contributed by atoms with Crippen LogP contribution in [-0.4, -0.2) is 65.4 Å². The van der Waals surface area contributed by atoms with E-state index in [2.05, 4.69) is 0 Å². The Morgan fingerprint density at radius 1 is 0.615 bits per heavy atom. The number of aliphatic hydroxyl groups excluding tert-OH is 2. The second-order valence-corrected chi connectivity index (χ2v) is 9.46. The number of hydrogen-bond donors (Lipinski definition) is 2. The molecule has 0 spiro atoms. The zero-order valence-electron chi connectivity index (χ0n) is 21.8. The van der Waals surface area contributed by atoms with Gasteiger partial charge in [0.15, 0.2) is 24.6 Å². The van der Waals surface area contributed by atoms with Crippen LogP contribution in [0.1, 0.15) is 47.8 Å². The van der Waals surface area contributed by atoms with Crippen LogP contribution in [0.2, 0.25) is 0 Å². The molecule has 9 nitrogen and oxygen atoms in total. The molecule has 1 aliphatic heterocycles. The molecule has 39 heavy (non-hydrogen) atoms. The van der Waals surface area contributed by atoms with Gasteiger partial charge in [-0.15, -0.1) is 0 Å². The number of aliphatic hydroxyl groups is 2. The minimum atomic E-state index is -1.79. The molecule has 1 aliphatic rings. The number of rotatable bonds is 7. The summed E-state index contributed by atoms with van der Waals surface area (Å²) in [5.74, 6) is -2.40. The molecule has 1 heterocycles. The lowest BCUT2D eigenvalue weighted by Gasteiger charge is -2.42. The maximum atomic E-state index is 13.1. The third-order valence-electron chi connectivity index (χ3n) is 6.38. The molecule has 204 valence electrons. The van der Waals surface area contributed by atoms with Crippen molar-refractivity contribution in [2.75, 3.05) is 6.61 Å². The van der Waals surface area contributed by atoms with E-state index in [9.17, 15) is 24.6 Å². The standard InChI is InChI=1S/C30H30O9/c1-17-4-10-20(11-5-17)27(32)37-24-23(16-31)36-30(35)26(39-29(34)22-14-8-19(3)9-15-22)25(24)38-28(33)21-12-6-18(2)7-13-21/h4-15,23-26,30-31,35H,16H2,1-3H3/t23-,24-,25+,26+,30+/m1/s1. The van der Waals surface area contributed by atoms with E-state index in [1.165, 1.54) is 0 Å². The number of hydrogen-bond acceptors (Lipinski definition) is 9. The van der Waals surface area contributed by atoms with E-state index in [1.807, 2.05) is 20.8 Å². The molecule has 0 aromatic heterocycles. The normalized spacial score (nSPS) is 22.5. The quantitative estimate of drug-likeness (QED) is 0.347. The third kappa shape index (κ3) is 6.69. The summed E-state index contributed by atoms with van der Waals surface area (Å²) in [6.45, 7) is 4.90. The Kier molecular flexibility index (Phi) is 8.75. The Labute approximate surface area is 225 Å². The number of carbonyl (C=O) groups is 3. The predicted octanol–water partition coefficient (Wildman–Crippen LogP) is 3.30. The van der Waals surface area contributed by atoms with Crippen LogP contribution in [0.3, 0.4) is 0 Å². The van der Waals surface area contributed by atoms with Crippen LogP contribution in [0.4, 0.5) is 0 Å². The Balaban J connectivity index is 1.66. The number of aryl methyl sites for hydroxylation is 3. The highest BCUT2D eigenvalue weighted by Crippen LogP contribution is 2.29. The summed E-state index contributed by atoms with van der Waals surface area (Å²) < 4.78 is 22.4. The predicted molar refractivity (Wildman–Crippen MR) is 139 cm³/mol. The first kappa shape index (κ1) is 28.0. The fourth-order valence-electron chi connectivity index (χ4n) is 4.09. The lowest BCUT2D eigenvalue weighted by molar-refractivity contribution is -0.284. The van der Waals surface area contributed by atoms with Gasteiger partial charge in [0.05, 0.1) is 23.3 Å². The summed E-state index contributed by atoms with van der Waals surface area (Å²) in [6, 6.07) is 19.6. The van der Waals surface area contributed by atoms with Crippen LogP contribution in [0.5, 0.6) is 0 Å². The van der Waals surface area contributed by atoms with Gasteiger partial charge in [-0.25, -0.2) is 14.4 Å². The smallest absolute Gasteiger partial charge is 0.338 e. The highest BCUT2D eigenvalue weighted by Gasteiger charge is 2.52. The maximum absolute atomic E-state index is 13.1. The molecule has 1 saturated heterocycles. The van der Waals surface area contributed by atoms with Gasteiger partial charge in [-0.3, -0.25) is 0 Å². The second kappa shape index (κ2) is 12.2. The second-order valence-electron chi connectivity index (χ2n) is 9.46. The molecule has 2 N–H and O–H groups in total. The molecule has 0 radical (unpaired) electrons. The summed E-state index contributed by atoms with van der Waals surface area (Å²) >= 11 is 0. The van der Waals surface area contributed by atoms with Crippen molar-refractivity contribution < 1.29 is 43.5 Å². The van der Waals surface area contributed by atoms with E-state index in [4.69, 9.17) is 18.9 Å². The van der Waals surface area contributed by atoms with Crippen molar-refractivity contribution in [1.82, 2.24) is 0 Å². The lowest BCUT2D eigenvalue weighted by Crippen LogP contribution is -2.62. The molecule has 3 aromatic carbocycles. The molecular formula is C30H30O9. The first-order valence-electron chi connectivity index (χ1n) is 12.4. The molecule has 0 bridgehead atoms. The van der Waals surface area contributed by atoms with Crippen LogP contribution in [0, 0.1) is 20.8 Å². The minimum absolute atomic E-state index is 0.189. The lowest BCUT2D eigenvalue weighted by atomic mass is 9.97. The van der Waals surface area contributed by atoms with Crippen molar-refractivity contribution in [1.29, 1.82) is 0 Å². The Bertz CT molecular complexity index is 1300. The van der Waals surface area contributed by atoms with Gasteiger partial charge in [0.2, 0.25) is 0 Å². The molecule has 0 unspecified atom stereocenters. The van der Waals surface area contributed by atoms with Gasteiger partial charge in [0, 0.05) is 0 Å². The highest BCUT2D eigenvalue weighted by molar-refractivity contribution is 5.91. The van der Waals surface area contributed by atoms with E-state index in [1.54, 1.807) is 72.8 Å². The van der Waals surface area contributed by atoms with E-state index in [0.29, 0.717) is 0 Å². The molecular weight excluding hydrogens is 504 g/mol. The third-order valence-corrected chi connectivity index (χ3v) is 6.38. The van der Waals surface area contributed by atoms with Crippen LogP contribution >= 0.6 is 0 Å². The Morgan fingerprint density at radius 3 is 1.31 bits per heavy atom. The van der Waals surface area contributed by atoms with Crippen molar-refractivity contribution in [2.24, 2.45) is 0 Å². The molecule has 1 fully saturated rings. The molecule has 9 heteroatoms. The van der Waals surface area contributed by atoms with E-state index in [-0.39, 0.29) is 16.7 Å². The summed E-state index contributed by atoms with van der Waals surface area (Å²) in [5, 5.41) is 20.8. The molecule has 4 rings (SSSR count). The van der Waals surface area contributed by atoms with Crippen LogP contribution in [0.15, 0.2) is 72.8 Å². The van der Waals surface area contributed by atoms with E-state index in [0.717, 1.165) is 16.7 Å². The van der Waals surface area contributed by atoms with E-state index < -0.39 is 55.2 Å². The van der Waals surface area contributed by atoms with Crippen LogP contribution in [-0.2, 0) is 18.9 Å². The van der Waals surface area contributed by atoms with Crippen molar-refractivity contribution in [3.8, 4) is 0 Å². The molecule has 3 aromatic rings. The number of esters is 3. The topological polar surface area (TPSA) is 129 Å². The summed E-state index contributed by atoms with van der Waals surface area (Å²) in [6.07, 6.45) is -7.58. The van der Waals surface area contributed by atoms with Gasteiger partial charge in [0.1, 0.15) is 6.10 Å². The van der Waals surface area contributed by atoms with Gasteiger partial charge in [-0.2, -0.15) is 0 Å². The Hall–Kier alpha value is -4.05. The summed E-state index contributed by atoms with van der Waals surface area (Å²) in [5.41, 5.74) is 3.36. The fraction of sp³-hybridized carbons (Fsp3) is 0.300. The molecule has 0 aliphatic carbocycles. The zero-order valence-corrected chi connectivity index (χ0v) is 21.8. The van der Waals surface area contributed by atoms with Crippen molar-refractivity contribution in [2.45, 2.75) is 51.5 Å². The summed E-state index contributed by atoms with van der Waals surface area (Å²) in [4.78, 5) is 39.1. The van der Waals surface area contributed by atoms with Gasteiger partial charge >= 0.3 is 17.9 Å². The van der Waals surface area contributed by atoms with Gasteiger partial charge in [-0.1, -0.05) is 53.1 Å². The highest BCUT2D eigenvalue weighted by atomic mass is 16.7. The van der Waals surface area contributed by atoms with Gasteiger partial charge < -0.3 is 29.2 Å². The average molecular weight is 535 g/mol. The zero-order chi connectivity index (χ0) is 28.1. The van der Waals surface area contributed by atoms with Crippen LogP contribution < -0.4 is 0 Å². The van der Waals surface area contributed by atoms with Gasteiger partial charge in [-0.05, 0) is 57.2 Å². The van der Waals surface area contributed by atoms with Crippen LogP contribution in [0.25, 0.3) is 0 Å². The maximum Gasteiger partial charge on any atom is 0.338 e. The SMILES string of the molecule is Cc1ccc(C(=O)O[C@@H]2[C@H](OC(=O)c3ccc(C)cc3)[C@@H](O)O[C@H](CO)[C@H]2OC(=O)c2ccc(C)cc2)cc1. The monoisotopic (exact) mass is 534 g/mol. The van der Waals surface area contributed by atoms with Crippen molar-refractivity contribution in [3.63, 3.8) is 0 Å². The first-order chi connectivity index (χ1) is 18.7. The van der Waals surface area contributed by atoms with E-state index >= 15 is 0 Å². The Morgan fingerprint density at radius 2 is 0.949 bits per heavy atom. The average Bonchev–Trinajstić information content (AvgIpc) is 2.92. The largest absolute Gasteiger partial charge is 0.452 e. The minimum Gasteiger partial charge on any atom is -0.452 e. The number of carbonyl (C=O) groups excluding carboxylic acids is 3. The fourth-order valence-corrected chi connectivity index (χ4v) is 4.09. The first-order valence-corrected chi connectivity index (χ1v) is 12.4. The number of benzene rings is 3. The molecule has 0 saturated carbocycles. The van der Waals surface area contributed by atoms with Crippen molar-refractivity contribution >= 4 is 17.9 Å². The summed E-state index contributed by atoms with van der Waals surface area (Å²) in [7, 11) is 0.